The molecule has 21 heavy (non-hydrogen) atoms. The summed E-state index contributed by atoms with van der Waals surface area (Å²) in [6, 6.07) is 5.75. The van der Waals surface area contributed by atoms with Crippen molar-refractivity contribution in [1.29, 1.82) is 0 Å². The van der Waals surface area contributed by atoms with Crippen LogP contribution in [0.15, 0.2) is 18.2 Å². The fourth-order valence-corrected chi connectivity index (χ4v) is 2.23. The maximum atomic E-state index is 11.1. The molecule has 0 radical (unpaired) electrons. The van der Waals surface area contributed by atoms with Crippen LogP contribution in [0.3, 0.4) is 0 Å². The minimum Gasteiger partial charge on any atom is -0.494 e. The molecule has 1 rings (SSSR count). The summed E-state index contributed by atoms with van der Waals surface area (Å²) in [5, 5.41) is 6.15. The summed E-state index contributed by atoms with van der Waals surface area (Å²) < 4.78 is 5.30. The van der Waals surface area contributed by atoms with Crippen molar-refractivity contribution in [2.45, 2.75) is 52.4 Å². The number of rotatable bonds is 10. The molecule has 0 unspecified atom stereocenters. The van der Waals surface area contributed by atoms with Crippen LogP contribution in [0.1, 0.15) is 52.4 Å². The highest BCUT2D eigenvalue weighted by Crippen LogP contribution is 2.27. The Morgan fingerprint density at radius 3 is 2.52 bits per heavy atom. The molecule has 1 aromatic carbocycles. The quantitative estimate of drug-likeness (QED) is 0.627. The lowest BCUT2D eigenvalue weighted by Crippen LogP contribution is -2.08. The molecule has 118 valence electrons. The highest BCUT2D eigenvalue weighted by Gasteiger charge is 2.05. The van der Waals surface area contributed by atoms with Crippen LogP contribution in [0.2, 0.25) is 0 Å². The van der Waals surface area contributed by atoms with Gasteiger partial charge in [-0.1, -0.05) is 39.0 Å². The molecule has 4 nitrogen and oxygen atoms in total. The molecule has 0 aliphatic carbocycles. The van der Waals surface area contributed by atoms with Crippen molar-refractivity contribution in [1.82, 2.24) is 0 Å². The first-order valence-corrected chi connectivity index (χ1v) is 7.87. The Bertz CT molecular complexity index is 433. The van der Waals surface area contributed by atoms with E-state index in [1.165, 1.54) is 45.4 Å². The van der Waals surface area contributed by atoms with Crippen LogP contribution in [0.5, 0.6) is 5.75 Å². The van der Waals surface area contributed by atoms with Gasteiger partial charge < -0.3 is 15.4 Å². The maximum absolute atomic E-state index is 11.1. The van der Waals surface area contributed by atoms with Crippen molar-refractivity contribution in [2.75, 3.05) is 24.3 Å². The molecule has 0 bridgehead atoms. The van der Waals surface area contributed by atoms with E-state index in [1.54, 1.807) is 7.11 Å². The van der Waals surface area contributed by atoms with Gasteiger partial charge in [-0.25, -0.2) is 0 Å². The van der Waals surface area contributed by atoms with Gasteiger partial charge >= 0.3 is 0 Å². The summed E-state index contributed by atoms with van der Waals surface area (Å²) in [6.07, 6.45) is 7.75. The highest BCUT2D eigenvalue weighted by atomic mass is 16.5. The second-order valence-corrected chi connectivity index (χ2v) is 5.29. The van der Waals surface area contributed by atoms with Gasteiger partial charge in [0.1, 0.15) is 5.75 Å². The molecule has 0 saturated carbocycles. The Morgan fingerprint density at radius 2 is 1.86 bits per heavy atom. The maximum Gasteiger partial charge on any atom is 0.221 e. The van der Waals surface area contributed by atoms with Crippen molar-refractivity contribution in [3.8, 4) is 5.75 Å². The summed E-state index contributed by atoms with van der Waals surface area (Å²) in [5.41, 5.74) is 1.73. The highest BCUT2D eigenvalue weighted by molar-refractivity contribution is 5.90. The summed E-state index contributed by atoms with van der Waals surface area (Å²) in [6.45, 7) is 4.69. The molecule has 0 heterocycles. The second-order valence-electron chi connectivity index (χ2n) is 5.29. The Morgan fingerprint density at radius 1 is 1.14 bits per heavy atom. The first-order chi connectivity index (χ1) is 10.2. The smallest absolute Gasteiger partial charge is 0.221 e. The van der Waals surface area contributed by atoms with E-state index in [-0.39, 0.29) is 5.91 Å². The number of hydrogen-bond donors (Lipinski definition) is 2. The molecule has 2 N–H and O–H groups in total. The molecular formula is C17H28N2O2. The number of amides is 1. The molecule has 0 aromatic heterocycles. The third kappa shape index (κ3) is 7.02. The lowest BCUT2D eigenvalue weighted by Gasteiger charge is -2.12. The monoisotopic (exact) mass is 292 g/mol. The van der Waals surface area contributed by atoms with Crippen LogP contribution in [0, 0.1) is 0 Å². The molecule has 4 heteroatoms. The van der Waals surface area contributed by atoms with Crippen LogP contribution in [0.4, 0.5) is 11.4 Å². The van der Waals surface area contributed by atoms with Crippen LogP contribution in [0.25, 0.3) is 0 Å². The molecule has 0 aliphatic heterocycles. The van der Waals surface area contributed by atoms with Gasteiger partial charge in [-0.15, -0.1) is 0 Å². The number of hydrogen-bond acceptors (Lipinski definition) is 3. The van der Waals surface area contributed by atoms with Crippen molar-refractivity contribution in [2.24, 2.45) is 0 Å². The lowest BCUT2D eigenvalue weighted by atomic mass is 10.1. The topological polar surface area (TPSA) is 50.4 Å². The number of benzene rings is 1. The average molecular weight is 292 g/mol. The van der Waals surface area contributed by atoms with Gasteiger partial charge in [0, 0.05) is 25.2 Å². The minimum atomic E-state index is -0.0962. The zero-order valence-corrected chi connectivity index (χ0v) is 13.5. The zero-order chi connectivity index (χ0) is 15.5. The summed E-state index contributed by atoms with van der Waals surface area (Å²) in [7, 11) is 1.61. The molecule has 0 atom stereocenters. The zero-order valence-electron chi connectivity index (χ0n) is 13.5. The van der Waals surface area contributed by atoms with Crippen molar-refractivity contribution >= 4 is 17.3 Å². The predicted octanol–water partition coefficient (Wildman–Crippen LogP) is 4.43. The van der Waals surface area contributed by atoms with Crippen LogP contribution in [-0.4, -0.2) is 19.6 Å². The number of carbonyl (C=O) groups excluding carboxylic acids is 1. The van der Waals surface area contributed by atoms with Gasteiger partial charge in [-0.2, -0.15) is 0 Å². The summed E-state index contributed by atoms with van der Waals surface area (Å²) >= 11 is 0. The van der Waals surface area contributed by atoms with E-state index in [4.69, 9.17) is 4.74 Å². The summed E-state index contributed by atoms with van der Waals surface area (Å²) in [5.74, 6) is 0.583. The van der Waals surface area contributed by atoms with Gasteiger partial charge in [0.25, 0.3) is 0 Å². The number of nitrogens with one attached hydrogen (secondary N) is 2. The third-order valence-corrected chi connectivity index (χ3v) is 3.37. The molecule has 1 amide bonds. The fourth-order valence-electron chi connectivity index (χ4n) is 2.23. The number of unbranched alkanes of at least 4 members (excludes halogenated alkanes) is 5. The average Bonchev–Trinajstić information content (AvgIpc) is 2.47. The minimum absolute atomic E-state index is 0.0962. The van der Waals surface area contributed by atoms with E-state index < -0.39 is 0 Å². The van der Waals surface area contributed by atoms with Gasteiger partial charge in [0.05, 0.1) is 12.8 Å². The van der Waals surface area contributed by atoms with Gasteiger partial charge in [0.2, 0.25) is 5.91 Å². The van der Waals surface area contributed by atoms with E-state index in [1.807, 2.05) is 18.2 Å². The van der Waals surface area contributed by atoms with Crippen LogP contribution < -0.4 is 15.4 Å². The molecule has 1 aromatic rings. The van der Waals surface area contributed by atoms with E-state index in [0.29, 0.717) is 11.4 Å². The van der Waals surface area contributed by atoms with Crippen molar-refractivity contribution in [3.63, 3.8) is 0 Å². The second kappa shape index (κ2) is 10.1. The molecule has 0 fully saturated rings. The Labute approximate surface area is 128 Å². The van der Waals surface area contributed by atoms with Gasteiger partial charge in [0.15, 0.2) is 0 Å². The SMILES string of the molecule is CCCCCCCCNc1ccc(NC(C)=O)c(OC)c1. The standard InChI is InChI=1S/C17H28N2O2/c1-4-5-6-7-8-9-12-18-15-10-11-16(19-14(2)20)17(13-15)21-3/h10-11,13,18H,4-9,12H2,1-3H3,(H,19,20). The van der Waals surface area contributed by atoms with Crippen LogP contribution in [-0.2, 0) is 4.79 Å². The van der Waals surface area contributed by atoms with Crippen LogP contribution >= 0.6 is 0 Å². The first kappa shape index (κ1) is 17.3. The van der Waals surface area contributed by atoms with Gasteiger partial charge in [-0.05, 0) is 18.6 Å². The summed E-state index contributed by atoms with van der Waals surface area (Å²) in [4.78, 5) is 11.1. The fraction of sp³-hybridized carbons (Fsp3) is 0.588. The van der Waals surface area contributed by atoms with E-state index in [0.717, 1.165) is 12.2 Å². The van der Waals surface area contributed by atoms with E-state index in [9.17, 15) is 4.79 Å². The molecule has 0 saturated heterocycles. The Kier molecular flexibility index (Phi) is 8.32. The van der Waals surface area contributed by atoms with Crippen molar-refractivity contribution in [3.05, 3.63) is 18.2 Å². The van der Waals surface area contributed by atoms with Gasteiger partial charge in [-0.3, -0.25) is 4.79 Å². The Balaban J connectivity index is 2.37. The van der Waals surface area contributed by atoms with Crippen molar-refractivity contribution < 1.29 is 9.53 Å². The largest absolute Gasteiger partial charge is 0.494 e. The molecular weight excluding hydrogens is 264 g/mol. The lowest BCUT2D eigenvalue weighted by molar-refractivity contribution is -0.114. The first-order valence-electron chi connectivity index (χ1n) is 7.87. The van der Waals surface area contributed by atoms with E-state index in [2.05, 4.69) is 17.6 Å². The number of methoxy groups -OCH3 is 1. The Hall–Kier alpha value is -1.71. The number of ether oxygens (including phenoxy) is 1. The number of anilines is 2. The van der Waals surface area contributed by atoms with E-state index >= 15 is 0 Å². The third-order valence-electron chi connectivity index (χ3n) is 3.37. The predicted molar refractivity (Wildman–Crippen MR) is 89.2 cm³/mol. The molecule has 0 aliphatic rings. The normalized spacial score (nSPS) is 10.2. The molecule has 0 spiro atoms. The number of carbonyl (C=O) groups is 1.